The van der Waals surface area contributed by atoms with Crippen LogP contribution in [0, 0.1) is 13.8 Å². The Labute approximate surface area is 165 Å². The van der Waals surface area contributed by atoms with E-state index in [0.717, 1.165) is 35.0 Å². The van der Waals surface area contributed by atoms with Crippen LogP contribution < -0.4 is 10.1 Å². The summed E-state index contributed by atoms with van der Waals surface area (Å²) in [5.41, 5.74) is 1.88. The number of halogens is 1. The van der Waals surface area contributed by atoms with Crippen molar-refractivity contribution in [3.8, 4) is 5.75 Å². The van der Waals surface area contributed by atoms with E-state index >= 15 is 0 Å². The monoisotopic (exact) mass is 390 g/mol. The van der Waals surface area contributed by atoms with E-state index in [1.807, 2.05) is 38.1 Å². The first-order valence-electron chi connectivity index (χ1n) is 9.48. The summed E-state index contributed by atoms with van der Waals surface area (Å²) >= 11 is 6.17. The zero-order valence-electron chi connectivity index (χ0n) is 16.0. The predicted molar refractivity (Wildman–Crippen MR) is 106 cm³/mol. The fraction of sp³-hybridized carbons (Fsp3) is 0.476. The van der Waals surface area contributed by atoms with Gasteiger partial charge in [-0.2, -0.15) is 0 Å². The number of nitrogens with zero attached hydrogens (tertiary/aromatic N) is 1. The van der Waals surface area contributed by atoms with Crippen LogP contribution in [-0.2, 0) is 4.79 Å². The lowest BCUT2D eigenvalue weighted by atomic mass is 10.1. The van der Waals surface area contributed by atoms with Crippen molar-refractivity contribution in [2.24, 2.45) is 0 Å². The molecule has 1 N–H and O–H groups in total. The molecule has 1 fully saturated rings. The first-order valence-corrected chi connectivity index (χ1v) is 9.86. The summed E-state index contributed by atoms with van der Waals surface area (Å²) in [6.45, 7) is 6.39. The first kappa shape index (κ1) is 19.8. The highest BCUT2D eigenvalue weighted by Crippen LogP contribution is 2.26. The van der Waals surface area contributed by atoms with E-state index in [4.69, 9.17) is 20.8 Å². The molecule has 3 rings (SSSR count). The molecule has 1 aromatic carbocycles. The minimum Gasteiger partial charge on any atom is -0.484 e. The van der Waals surface area contributed by atoms with Crippen molar-refractivity contribution in [1.29, 1.82) is 0 Å². The van der Waals surface area contributed by atoms with Gasteiger partial charge in [-0.05, 0) is 75.2 Å². The lowest BCUT2D eigenvalue weighted by Gasteiger charge is -2.33. The van der Waals surface area contributed by atoms with Gasteiger partial charge in [0.25, 0.3) is 5.91 Å². The summed E-state index contributed by atoms with van der Waals surface area (Å²) in [6, 6.07) is 7.62. The Balaban J connectivity index is 1.54. The molecule has 0 saturated carbocycles. The van der Waals surface area contributed by atoms with Gasteiger partial charge in [0, 0.05) is 11.6 Å². The van der Waals surface area contributed by atoms with Gasteiger partial charge in [0.15, 0.2) is 6.61 Å². The number of nitrogens with one attached hydrogen (secondary N) is 1. The second-order valence-electron chi connectivity index (χ2n) is 7.09. The number of likely N-dealkylation sites (tertiary alicyclic amines) is 1. The maximum Gasteiger partial charge on any atom is 0.258 e. The van der Waals surface area contributed by atoms with Crippen molar-refractivity contribution >= 4 is 17.5 Å². The fourth-order valence-corrected chi connectivity index (χ4v) is 3.63. The van der Waals surface area contributed by atoms with E-state index in [-0.39, 0.29) is 18.6 Å². The molecule has 1 amide bonds. The highest BCUT2D eigenvalue weighted by Gasteiger charge is 2.24. The van der Waals surface area contributed by atoms with Gasteiger partial charge in [0.2, 0.25) is 0 Å². The van der Waals surface area contributed by atoms with Gasteiger partial charge in [-0.1, -0.05) is 18.0 Å². The third-order valence-corrected chi connectivity index (χ3v) is 5.57. The van der Waals surface area contributed by atoms with Gasteiger partial charge in [-0.25, -0.2) is 0 Å². The molecular formula is C21H27ClN2O3. The third-order valence-electron chi connectivity index (χ3n) is 4.98. The molecular weight excluding hydrogens is 364 g/mol. The molecule has 0 bridgehead atoms. The number of aryl methyl sites for hydroxylation is 2. The largest absolute Gasteiger partial charge is 0.484 e. The van der Waals surface area contributed by atoms with Crippen molar-refractivity contribution in [1.82, 2.24) is 10.2 Å². The Bertz CT molecular complexity index is 732. The molecule has 2 aromatic rings. The topological polar surface area (TPSA) is 54.7 Å². The zero-order valence-corrected chi connectivity index (χ0v) is 16.7. The lowest BCUT2D eigenvalue weighted by Crippen LogP contribution is -2.41. The minimum atomic E-state index is -0.145. The Kier molecular flexibility index (Phi) is 6.80. The molecule has 1 aliphatic heterocycles. The molecule has 2 heterocycles. The lowest BCUT2D eigenvalue weighted by molar-refractivity contribution is -0.123. The number of hydrogen-bond donors (Lipinski definition) is 1. The molecule has 5 nitrogen and oxygen atoms in total. The quantitative estimate of drug-likeness (QED) is 0.766. The number of piperidine rings is 1. The maximum absolute atomic E-state index is 12.3. The normalized spacial score (nSPS) is 16.1. The average molecular weight is 391 g/mol. The van der Waals surface area contributed by atoms with Crippen LogP contribution in [-0.4, -0.2) is 37.0 Å². The van der Waals surface area contributed by atoms with E-state index in [1.54, 1.807) is 6.26 Å². The van der Waals surface area contributed by atoms with Gasteiger partial charge in [-0.15, -0.1) is 0 Å². The molecule has 1 atom stereocenters. The van der Waals surface area contributed by atoms with Crippen LogP contribution in [0.3, 0.4) is 0 Å². The zero-order chi connectivity index (χ0) is 19.2. The number of hydrogen-bond acceptors (Lipinski definition) is 4. The number of amides is 1. The summed E-state index contributed by atoms with van der Waals surface area (Å²) < 4.78 is 11.3. The molecule has 0 spiro atoms. The highest BCUT2D eigenvalue weighted by molar-refractivity contribution is 6.32. The smallest absolute Gasteiger partial charge is 0.258 e. The summed E-state index contributed by atoms with van der Waals surface area (Å²) in [4.78, 5) is 14.7. The Morgan fingerprint density at radius 1 is 1.26 bits per heavy atom. The Hall–Kier alpha value is -1.98. The number of carbonyl (C=O) groups excluding carboxylic acids is 1. The summed E-state index contributed by atoms with van der Waals surface area (Å²) in [6.07, 6.45) is 5.32. The Morgan fingerprint density at radius 3 is 2.59 bits per heavy atom. The molecule has 1 unspecified atom stereocenters. The van der Waals surface area contributed by atoms with Crippen LogP contribution in [0.4, 0.5) is 0 Å². The van der Waals surface area contributed by atoms with Gasteiger partial charge >= 0.3 is 0 Å². The summed E-state index contributed by atoms with van der Waals surface area (Å²) in [5.74, 6) is 1.40. The number of rotatable bonds is 7. The molecule has 146 valence electrons. The SMILES string of the molecule is Cc1cc(OCC(=O)NCC(c2ccco2)N2CCCCC2)cc(C)c1Cl. The fourth-order valence-electron chi connectivity index (χ4n) is 3.52. The molecule has 27 heavy (non-hydrogen) atoms. The molecule has 0 radical (unpaired) electrons. The minimum absolute atomic E-state index is 0.0224. The van der Waals surface area contributed by atoms with Gasteiger partial charge in [-0.3, -0.25) is 9.69 Å². The standard InChI is InChI=1S/C21H27ClN2O3/c1-15-11-17(12-16(2)21(15)22)27-14-20(25)23-13-18(19-7-6-10-26-19)24-8-4-3-5-9-24/h6-7,10-12,18H,3-5,8-9,13-14H2,1-2H3,(H,23,25). The van der Waals surface area contributed by atoms with Crippen molar-refractivity contribution in [2.75, 3.05) is 26.2 Å². The number of ether oxygens (including phenoxy) is 1. The third kappa shape index (κ3) is 5.27. The Morgan fingerprint density at radius 2 is 1.96 bits per heavy atom. The number of benzene rings is 1. The van der Waals surface area contributed by atoms with Crippen LogP contribution in [0.25, 0.3) is 0 Å². The van der Waals surface area contributed by atoms with Crippen LogP contribution in [0.1, 0.15) is 42.2 Å². The van der Waals surface area contributed by atoms with E-state index in [9.17, 15) is 4.79 Å². The number of furan rings is 1. The molecule has 6 heteroatoms. The van der Waals surface area contributed by atoms with E-state index in [0.29, 0.717) is 12.3 Å². The molecule has 1 aliphatic rings. The average Bonchev–Trinajstić information content (AvgIpc) is 3.20. The van der Waals surface area contributed by atoms with Crippen LogP contribution in [0.15, 0.2) is 34.9 Å². The molecule has 1 saturated heterocycles. The van der Waals surface area contributed by atoms with Gasteiger partial charge < -0.3 is 14.5 Å². The van der Waals surface area contributed by atoms with Crippen molar-refractivity contribution in [3.05, 3.63) is 52.4 Å². The summed E-state index contributed by atoms with van der Waals surface area (Å²) in [5, 5.41) is 3.72. The predicted octanol–water partition coefficient (Wildman–Crippen LogP) is 4.27. The second kappa shape index (κ2) is 9.29. The van der Waals surface area contributed by atoms with Crippen LogP contribution >= 0.6 is 11.6 Å². The van der Waals surface area contributed by atoms with E-state index < -0.39 is 0 Å². The van der Waals surface area contributed by atoms with Crippen molar-refractivity contribution in [2.45, 2.75) is 39.2 Å². The highest BCUT2D eigenvalue weighted by atomic mass is 35.5. The van der Waals surface area contributed by atoms with Crippen molar-refractivity contribution in [3.63, 3.8) is 0 Å². The van der Waals surface area contributed by atoms with E-state index in [2.05, 4.69) is 10.2 Å². The second-order valence-corrected chi connectivity index (χ2v) is 7.47. The van der Waals surface area contributed by atoms with Crippen LogP contribution in [0.2, 0.25) is 5.02 Å². The van der Waals surface area contributed by atoms with Gasteiger partial charge in [0.05, 0.1) is 12.3 Å². The number of carbonyl (C=O) groups is 1. The van der Waals surface area contributed by atoms with E-state index in [1.165, 1.54) is 19.3 Å². The maximum atomic E-state index is 12.3. The molecule has 0 aliphatic carbocycles. The van der Waals surface area contributed by atoms with Crippen molar-refractivity contribution < 1.29 is 13.9 Å². The van der Waals surface area contributed by atoms with Crippen LogP contribution in [0.5, 0.6) is 5.75 Å². The summed E-state index contributed by atoms with van der Waals surface area (Å²) in [7, 11) is 0. The molecule has 1 aromatic heterocycles. The van der Waals surface area contributed by atoms with Gasteiger partial charge in [0.1, 0.15) is 11.5 Å². The first-order chi connectivity index (χ1) is 13.0.